The van der Waals surface area contributed by atoms with Gasteiger partial charge in [-0.1, -0.05) is 75.6 Å². The Balaban J connectivity index is 1.55. The number of ether oxygens (including phenoxy) is 2. The van der Waals surface area contributed by atoms with Crippen molar-refractivity contribution in [2.75, 3.05) is 13.2 Å². The number of allylic oxidation sites excluding steroid dienone is 8. The van der Waals surface area contributed by atoms with Crippen molar-refractivity contribution in [3.8, 4) is 5.75 Å². The van der Waals surface area contributed by atoms with Crippen molar-refractivity contribution in [2.45, 2.75) is 78.6 Å². The van der Waals surface area contributed by atoms with E-state index in [1.807, 2.05) is 19.1 Å². The molecule has 1 aromatic rings. The van der Waals surface area contributed by atoms with E-state index in [0.717, 1.165) is 53.9 Å². The van der Waals surface area contributed by atoms with Crippen LogP contribution in [0.1, 0.15) is 83.3 Å². The van der Waals surface area contributed by atoms with Crippen molar-refractivity contribution in [1.29, 1.82) is 0 Å². The molecule has 0 aromatic heterocycles. The average molecular weight is 502 g/mol. The second kappa shape index (κ2) is 15.2. The summed E-state index contributed by atoms with van der Waals surface area (Å²) in [6.45, 7) is 11.3. The van der Waals surface area contributed by atoms with E-state index in [4.69, 9.17) is 9.47 Å². The molecule has 4 nitrogen and oxygen atoms in total. The monoisotopic (exact) mass is 501 g/mol. The largest absolute Gasteiger partial charge is 0.493 e. The van der Waals surface area contributed by atoms with Crippen LogP contribution in [-0.2, 0) is 16.0 Å². The minimum Gasteiger partial charge on any atom is -0.493 e. The number of unbranched alkanes of at least 4 members (excludes halogenated alkanes) is 2. The van der Waals surface area contributed by atoms with Crippen LogP contribution in [0.25, 0.3) is 5.57 Å². The van der Waals surface area contributed by atoms with E-state index < -0.39 is 0 Å². The van der Waals surface area contributed by atoms with E-state index in [0.29, 0.717) is 32.0 Å². The van der Waals surface area contributed by atoms with E-state index in [1.54, 1.807) is 0 Å². The molecule has 0 fully saturated rings. The fourth-order valence-corrected chi connectivity index (χ4v) is 4.94. The molecule has 0 bridgehead atoms. The lowest BCUT2D eigenvalue weighted by Crippen LogP contribution is -2.07. The summed E-state index contributed by atoms with van der Waals surface area (Å²) in [5.74, 6) is 2.26. The number of nitrogens with zero attached hydrogens (tertiary/aromatic N) is 1. The smallest absolute Gasteiger partial charge is 0.124 e. The zero-order valence-electron chi connectivity index (χ0n) is 22.9. The normalized spacial score (nSPS) is 16.4. The summed E-state index contributed by atoms with van der Waals surface area (Å²) >= 11 is 0. The molecule has 37 heavy (non-hydrogen) atoms. The van der Waals surface area contributed by atoms with Gasteiger partial charge in [-0.05, 0) is 73.6 Å². The maximum absolute atomic E-state index is 11.1. The molecule has 1 atom stereocenters. The Labute approximate surface area is 223 Å². The number of carbonyl (C=O) groups is 1. The maximum Gasteiger partial charge on any atom is 0.124 e. The molecule has 2 aliphatic carbocycles. The van der Waals surface area contributed by atoms with Crippen molar-refractivity contribution < 1.29 is 14.3 Å². The fourth-order valence-electron chi connectivity index (χ4n) is 4.94. The van der Waals surface area contributed by atoms with Crippen molar-refractivity contribution in [2.24, 2.45) is 10.9 Å². The number of hydrogen-bond donors (Lipinski definition) is 0. The first-order chi connectivity index (χ1) is 18.1. The van der Waals surface area contributed by atoms with Crippen LogP contribution in [0.5, 0.6) is 5.75 Å². The van der Waals surface area contributed by atoms with Crippen LogP contribution in [0, 0.1) is 5.92 Å². The van der Waals surface area contributed by atoms with Gasteiger partial charge in [0.25, 0.3) is 0 Å². The van der Waals surface area contributed by atoms with Gasteiger partial charge in [-0.15, -0.1) is 0 Å². The Morgan fingerprint density at radius 3 is 2.89 bits per heavy atom. The van der Waals surface area contributed by atoms with Crippen LogP contribution in [0.4, 0.5) is 0 Å². The summed E-state index contributed by atoms with van der Waals surface area (Å²) in [7, 11) is 0. The molecular formula is C33H43NO3. The molecule has 0 amide bonds. The van der Waals surface area contributed by atoms with Gasteiger partial charge in [0.1, 0.15) is 24.4 Å². The van der Waals surface area contributed by atoms with Crippen LogP contribution < -0.4 is 4.74 Å². The van der Waals surface area contributed by atoms with Gasteiger partial charge in [-0.25, -0.2) is 0 Å². The second-order valence-corrected chi connectivity index (χ2v) is 9.96. The molecule has 0 saturated carbocycles. The number of carbonyl (C=O) groups excluding carboxylic acids is 1. The molecule has 1 aromatic carbocycles. The van der Waals surface area contributed by atoms with Gasteiger partial charge in [0, 0.05) is 18.4 Å². The van der Waals surface area contributed by atoms with E-state index in [-0.39, 0.29) is 0 Å². The van der Waals surface area contributed by atoms with Crippen molar-refractivity contribution >= 4 is 18.6 Å². The van der Waals surface area contributed by atoms with Gasteiger partial charge < -0.3 is 14.3 Å². The number of benzene rings is 1. The lowest BCUT2D eigenvalue weighted by atomic mass is 9.89. The van der Waals surface area contributed by atoms with Gasteiger partial charge in [-0.3, -0.25) is 4.99 Å². The zero-order valence-corrected chi connectivity index (χ0v) is 22.9. The van der Waals surface area contributed by atoms with Crippen LogP contribution in [0.2, 0.25) is 0 Å². The zero-order chi connectivity index (χ0) is 26.5. The predicted molar refractivity (Wildman–Crippen MR) is 155 cm³/mol. The Bertz CT molecular complexity index is 1090. The van der Waals surface area contributed by atoms with Crippen LogP contribution in [0.15, 0.2) is 76.2 Å². The van der Waals surface area contributed by atoms with Crippen molar-refractivity contribution in [3.05, 3.63) is 82.3 Å². The molecule has 3 rings (SSSR count). The first kappa shape index (κ1) is 28.4. The molecule has 198 valence electrons. The lowest BCUT2D eigenvalue weighted by molar-refractivity contribution is -0.107. The van der Waals surface area contributed by atoms with Crippen LogP contribution >= 0.6 is 0 Å². The van der Waals surface area contributed by atoms with Gasteiger partial charge in [-0.2, -0.15) is 0 Å². The highest BCUT2D eigenvalue weighted by molar-refractivity contribution is 5.80. The Morgan fingerprint density at radius 1 is 1.24 bits per heavy atom. The molecule has 2 aliphatic rings. The van der Waals surface area contributed by atoms with Crippen molar-refractivity contribution in [1.82, 2.24) is 0 Å². The minimum absolute atomic E-state index is 0.446. The predicted octanol–water partition coefficient (Wildman–Crippen LogP) is 8.35. The molecule has 0 spiro atoms. The topological polar surface area (TPSA) is 47.9 Å². The molecular weight excluding hydrogens is 458 g/mol. The SMILES string of the molecule is C=N/C(CCOc1cccc2c1CCC=C2CC=O)=C(/C)OCC1=CC=C(C(C)CCCCC)C=CC1. The number of aldehydes is 1. The summed E-state index contributed by atoms with van der Waals surface area (Å²) in [6.07, 6.45) is 21.0. The number of aliphatic imine (C=N–C) groups is 1. The lowest BCUT2D eigenvalue weighted by Gasteiger charge is -2.20. The Hall–Kier alpha value is -3.14. The molecule has 0 radical (unpaired) electrons. The van der Waals surface area contributed by atoms with Gasteiger partial charge >= 0.3 is 0 Å². The highest BCUT2D eigenvalue weighted by atomic mass is 16.5. The Morgan fingerprint density at radius 2 is 2.11 bits per heavy atom. The third kappa shape index (κ3) is 8.45. The van der Waals surface area contributed by atoms with Gasteiger partial charge in [0.15, 0.2) is 0 Å². The van der Waals surface area contributed by atoms with Crippen LogP contribution in [-0.4, -0.2) is 26.2 Å². The minimum atomic E-state index is 0.446. The van der Waals surface area contributed by atoms with E-state index in [1.165, 1.54) is 42.4 Å². The third-order valence-electron chi connectivity index (χ3n) is 7.25. The number of rotatable bonds is 15. The summed E-state index contributed by atoms with van der Waals surface area (Å²) in [5, 5.41) is 0. The molecule has 0 N–H and O–H groups in total. The third-order valence-corrected chi connectivity index (χ3v) is 7.25. The molecule has 1 unspecified atom stereocenters. The molecule has 0 saturated heterocycles. The summed E-state index contributed by atoms with van der Waals surface area (Å²) in [4.78, 5) is 15.3. The van der Waals surface area contributed by atoms with Gasteiger partial charge in [0.2, 0.25) is 0 Å². The van der Waals surface area contributed by atoms with E-state index in [2.05, 4.69) is 62.0 Å². The average Bonchev–Trinajstić information content (AvgIpc) is 3.16. The highest BCUT2D eigenvalue weighted by Gasteiger charge is 2.16. The van der Waals surface area contributed by atoms with Gasteiger partial charge in [0.05, 0.1) is 12.3 Å². The summed E-state index contributed by atoms with van der Waals surface area (Å²) in [5.41, 5.74) is 6.88. The first-order valence-corrected chi connectivity index (χ1v) is 13.8. The first-order valence-electron chi connectivity index (χ1n) is 13.8. The highest BCUT2D eigenvalue weighted by Crippen LogP contribution is 2.34. The van der Waals surface area contributed by atoms with Crippen LogP contribution in [0.3, 0.4) is 0 Å². The summed E-state index contributed by atoms with van der Waals surface area (Å²) < 4.78 is 12.3. The van der Waals surface area contributed by atoms with Crippen molar-refractivity contribution in [3.63, 3.8) is 0 Å². The molecule has 0 aliphatic heterocycles. The second-order valence-electron chi connectivity index (χ2n) is 9.96. The number of fused-ring (bicyclic) bond motifs is 1. The quantitative estimate of drug-likeness (QED) is 0.105. The van der Waals surface area contributed by atoms with E-state index >= 15 is 0 Å². The number of hydrogen-bond acceptors (Lipinski definition) is 4. The fraction of sp³-hybridized carbons (Fsp3) is 0.455. The molecule has 4 heteroatoms. The Kier molecular flexibility index (Phi) is 11.7. The summed E-state index contributed by atoms with van der Waals surface area (Å²) in [6, 6.07) is 6.08. The van der Waals surface area contributed by atoms with E-state index in [9.17, 15) is 4.79 Å². The molecule has 0 heterocycles. The standard InChI is InChI=1S/C33H43NO3/c1-5-6-7-11-25(2)28-13-8-12-27(18-19-28)24-37-26(3)32(34-4)21-23-36-33-17-10-15-30-29(20-22-35)14-9-16-31(30)33/h8,10,13-15,17-19,22,25H,4-7,9,11-12,16,20-21,23-24H2,1-3H3/b32-26-. The maximum atomic E-state index is 11.1.